The summed E-state index contributed by atoms with van der Waals surface area (Å²) in [4.78, 5) is 2.71. The third kappa shape index (κ3) is 4.40. The molecule has 2 heteroatoms. The fraction of sp³-hybridized carbons (Fsp3) is 0.875. The van der Waals surface area contributed by atoms with Gasteiger partial charge >= 0.3 is 0 Å². The van der Waals surface area contributed by atoms with Crippen molar-refractivity contribution in [3.63, 3.8) is 0 Å². The predicted octanol–water partition coefficient (Wildman–Crippen LogP) is 3.20. The second-order valence-corrected chi connectivity index (χ2v) is 6.04. The van der Waals surface area contributed by atoms with Crippen molar-refractivity contribution in [2.45, 2.75) is 57.4 Å². The molecule has 2 fully saturated rings. The van der Waals surface area contributed by atoms with E-state index in [4.69, 9.17) is 0 Å². The number of hydrogen-bond donors (Lipinski definition) is 1. The van der Waals surface area contributed by atoms with E-state index >= 15 is 0 Å². The molecule has 2 saturated heterocycles. The highest BCUT2D eigenvalue weighted by Gasteiger charge is 2.28. The maximum atomic E-state index is 3.78. The Bertz CT molecular complexity index is 233. The van der Waals surface area contributed by atoms with Gasteiger partial charge in [-0.2, -0.15) is 0 Å². The van der Waals surface area contributed by atoms with Crippen LogP contribution in [0.15, 0.2) is 12.7 Å². The first-order valence-corrected chi connectivity index (χ1v) is 7.97. The van der Waals surface area contributed by atoms with Crippen LogP contribution >= 0.6 is 0 Å². The third-order valence-corrected chi connectivity index (χ3v) is 4.59. The van der Waals surface area contributed by atoms with Gasteiger partial charge in [0.05, 0.1) is 0 Å². The lowest BCUT2D eigenvalue weighted by Crippen LogP contribution is -2.43. The monoisotopic (exact) mass is 250 g/mol. The molecule has 0 aromatic heterocycles. The van der Waals surface area contributed by atoms with Gasteiger partial charge in [-0.15, -0.1) is 6.58 Å². The molecule has 0 aliphatic carbocycles. The Labute approximate surface area is 113 Å². The molecule has 0 radical (unpaired) electrons. The minimum Gasteiger partial charge on any atom is -0.314 e. The average molecular weight is 250 g/mol. The van der Waals surface area contributed by atoms with Crippen molar-refractivity contribution in [1.29, 1.82) is 0 Å². The topological polar surface area (TPSA) is 15.3 Å². The molecule has 0 aromatic carbocycles. The maximum absolute atomic E-state index is 3.78. The zero-order valence-electron chi connectivity index (χ0n) is 11.9. The minimum atomic E-state index is 0.827. The summed E-state index contributed by atoms with van der Waals surface area (Å²) in [7, 11) is 0. The van der Waals surface area contributed by atoms with Crippen LogP contribution in [0, 0.1) is 5.92 Å². The van der Waals surface area contributed by atoms with E-state index < -0.39 is 0 Å². The average Bonchev–Trinajstić information content (AvgIpc) is 2.93. The zero-order chi connectivity index (χ0) is 12.6. The molecule has 0 spiro atoms. The zero-order valence-corrected chi connectivity index (χ0v) is 11.9. The summed E-state index contributed by atoms with van der Waals surface area (Å²) in [6, 6.07) is 0.827. The predicted molar refractivity (Wildman–Crippen MR) is 78.9 cm³/mol. The highest BCUT2D eigenvalue weighted by atomic mass is 15.1. The van der Waals surface area contributed by atoms with Crippen LogP contribution in [0.2, 0.25) is 0 Å². The Balaban J connectivity index is 1.62. The third-order valence-electron chi connectivity index (χ3n) is 4.59. The van der Waals surface area contributed by atoms with Crippen LogP contribution in [-0.2, 0) is 0 Å². The lowest BCUT2D eigenvalue weighted by molar-refractivity contribution is 0.149. The van der Waals surface area contributed by atoms with Gasteiger partial charge in [-0.05, 0) is 70.5 Å². The normalized spacial score (nSPS) is 29.6. The Morgan fingerprint density at radius 3 is 2.89 bits per heavy atom. The van der Waals surface area contributed by atoms with Crippen molar-refractivity contribution in [3.05, 3.63) is 12.7 Å². The first kappa shape index (κ1) is 14.1. The molecule has 0 saturated carbocycles. The molecule has 2 heterocycles. The summed E-state index contributed by atoms with van der Waals surface area (Å²) >= 11 is 0. The van der Waals surface area contributed by atoms with Crippen LogP contribution in [0.5, 0.6) is 0 Å². The first-order valence-electron chi connectivity index (χ1n) is 7.97. The van der Waals surface area contributed by atoms with E-state index in [1.165, 1.54) is 77.5 Å². The van der Waals surface area contributed by atoms with Crippen molar-refractivity contribution in [3.8, 4) is 0 Å². The number of unbranched alkanes of at least 4 members (excludes halogenated alkanes) is 3. The van der Waals surface area contributed by atoms with Crippen LogP contribution in [0.25, 0.3) is 0 Å². The summed E-state index contributed by atoms with van der Waals surface area (Å²) in [6.07, 6.45) is 13.0. The van der Waals surface area contributed by atoms with Gasteiger partial charge in [0.1, 0.15) is 0 Å². The van der Waals surface area contributed by atoms with Crippen LogP contribution < -0.4 is 5.32 Å². The maximum Gasteiger partial charge on any atom is 0.0108 e. The molecule has 0 bridgehead atoms. The van der Waals surface area contributed by atoms with Gasteiger partial charge in [-0.25, -0.2) is 0 Å². The molecule has 2 atom stereocenters. The lowest BCUT2D eigenvalue weighted by atomic mass is 9.89. The van der Waals surface area contributed by atoms with Crippen LogP contribution in [0.4, 0.5) is 0 Å². The number of likely N-dealkylation sites (tertiary alicyclic amines) is 1. The molecule has 0 amide bonds. The molecular weight excluding hydrogens is 220 g/mol. The van der Waals surface area contributed by atoms with Crippen molar-refractivity contribution < 1.29 is 0 Å². The van der Waals surface area contributed by atoms with Gasteiger partial charge in [0.2, 0.25) is 0 Å². The van der Waals surface area contributed by atoms with E-state index in [0.29, 0.717) is 0 Å². The Morgan fingerprint density at radius 2 is 2.11 bits per heavy atom. The van der Waals surface area contributed by atoms with Gasteiger partial charge in [0.15, 0.2) is 0 Å². The number of hydrogen-bond acceptors (Lipinski definition) is 2. The van der Waals surface area contributed by atoms with Gasteiger partial charge in [0.25, 0.3) is 0 Å². The second kappa shape index (κ2) is 7.96. The van der Waals surface area contributed by atoms with E-state index in [1.54, 1.807) is 0 Å². The van der Waals surface area contributed by atoms with Gasteiger partial charge in [0, 0.05) is 12.6 Å². The van der Waals surface area contributed by atoms with E-state index in [1.807, 2.05) is 6.08 Å². The van der Waals surface area contributed by atoms with E-state index in [0.717, 1.165) is 12.0 Å². The Hall–Kier alpha value is -0.340. The number of piperidine rings is 1. The Kier molecular flexibility index (Phi) is 6.22. The van der Waals surface area contributed by atoms with E-state index in [2.05, 4.69) is 16.8 Å². The minimum absolute atomic E-state index is 0.827. The fourth-order valence-electron chi connectivity index (χ4n) is 3.54. The highest BCUT2D eigenvalue weighted by molar-refractivity contribution is 4.86. The van der Waals surface area contributed by atoms with Gasteiger partial charge in [-0.3, -0.25) is 0 Å². The van der Waals surface area contributed by atoms with Gasteiger partial charge < -0.3 is 10.2 Å². The first-order chi connectivity index (χ1) is 8.90. The second-order valence-electron chi connectivity index (χ2n) is 6.04. The molecule has 2 unspecified atom stereocenters. The highest BCUT2D eigenvalue weighted by Crippen LogP contribution is 2.24. The summed E-state index contributed by atoms with van der Waals surface area (Å²) in [5, 5.41) is 3.69. The van der Waals surface area contributed by atoms with Crippen LogP contribution in [0.3, 0.4) is 0 Å². The summed E-state index contributed by atoms with van der Waals surface area (Å²) in [6.45, 7) is 9.04. The lowest BCUT2D eigenvalue weighted by Gasteiger charge is -2.35. The number of allylic oxidation sites excluding steroid dienone is 1. The smallest absolute Gasteiger partial charge is 0.0108 e. The number of nitrogens with one attached hydrogen (secondary N) is 1. The standard InChI is InChI=1S/C16H30N2/c1-2-3-4-5-6-12-18-13-8-9-15(14-18)16-10-7-11-17-16/h2,15-17H,1,3-14H2. The fourth-order valence-corrected chi connectivity index (χ4v) is 3.54. The van der Waals surface area contributed by atoms with Crippen LogP contribution in [-0.4, -0.2) is 37.1 Å². The molecule has 18 heavy (non-hydrogen) atoms. The largest absolute Gasteiger partial charge is 0.314 e. The molecule has 2 rings (SSSR count). The molecule has 1 N–H and O–H groups in total. The van der Waals surface area contributed by atoms with Crippen LogP contribution in [0.1, 0.15) is 51.4 Å². The van der Waals surface area contributed by atoms with Crippen molar-refractivity contribution >= 4 is 0 Å². The van der Waals surface area contributed by atoms with Crippen molar-refractivity contribution in [2.75, 3.05) is 26.2 Å². The SMILES string of the molecule is C=CCCCCCN1CCCC(C2CCCN2)C1. The molecular formula is C16H30N2. The van der Waals surface area contributed by atoms with Gasteiger partial charge in [-0.1, -0.05) is 12.5 Å². The number of rotatable bonds is 7. The molecule has 104 valence electrons. The molecule has 0 aromatic rings. The molecule has 2 aliphatic rings. The summed E-state index contributed by atoms with van der Waals surface area (Å²) < 4.78 is 0. The summed E-state index contributed by atoms with van der Waals surface area (Å²) in [5.41, 5.74) is 0. The number of nitrogens with zero attached hydrogens (tertiary/aromatic N) is 1. The van der Waals surface area contributed by atoms with Crippen molar-refractivity contribution in [2.24, 2.45) is 5.92 Å². The Morgan fingerprint density at radius 1 is 1.17 bits per heavy atom. The quantitative estimate of drug-likeness (QED) is 0.551. The molecule has 2 aliphatic heterocycles. The van der Waals surface area contributed by atoms with E-state index in [-0.39, 0.29) is 0 Å². The van der Waals surface area contributed by atoms with E-state index in [9.17, 15) is 0 Å². The molecule has 2 nitrogen and oxygen atoms in total. The summed E-state index contributed by atoms with van der Waals surface area (Å²) in [5.74, 6) is 0.925. The van der Waals surface area contributed by atoms with Crippen molar-refractivity contribution in [1.82, 2.24) is 10.2 Å².